The zero-order chi connectivity index (χ0) is 33.2. The molecule has 6 aromatic rings. The minimum Gasteiger partial charge on any atom is -0.481 e. The molecule has 0 saturated carbocycles. The van der Waals surface area contributed by atoms with E-state index in [4.69, 9.17) is 14.7 Å². The Hall–Kier alpha value is -6.28. The van der Waals surface area contributed by atoms with Crippen molar-refractivity contribution in [2.45, 2.75) is 26.8 Å². The summed E-state index contributed by atoms with van der Waals surface area (Å²) in [5.41, 5.74) is 6.49. The van der Waals surface area contributed by atoms with Crippen molar-refractivity contribution in [2.75, 3.05) is 19.5 Å². The lowest BCUT2D eigenvalue weighted by Gasteiger charge is -2.20. The Morgan fingerprint density at radius 3 is 2.60 bits per heavy atom. The van der Waals surface area contributed by atoms with Gasteiger partial charge >= 0.3 is 6.09 Å². The van der Waals surface area contributed by atoms with Crippen molar-refractivity contribution in [3.05, 3.63) is 102 Å². The Morgan fingerprint density at radius 1 is 0.979 bits per heavy atom. The summed E-state index contributed by atoms with van der Waals surface area (Å²) in [4.78, 5) is 43.9. The molecule has 47 heavy (non-hydrogen) atoms. The maximum Gasteiger partial charge on any atom is 0.407 e. The van der Waals surface area contributed by atoms with Gasteiger partial charge in [-0.1, -0.05) is 12.0 Å². The lowest BCUT2D eigenvalue weighted by Crippen LogP contribution is -2.42. The molecule has 1 atom stereocenters. The van der Waals surface area contributed by atoms with E-state index in [1.54, 1.807) is 25.6 Å². The molecule has 0 aliphatic carbocycles. The third-order valence-corrected chi connectivity index (χ3v) is 7.95. The molecule has 1 aromatic carbocycles. The Labute approximate surface area is 270 Å². The summed E-state index contributed by atoms with van der Waals surface area (Å²) in [5, 5.41) is 14.2. The maximum atomic E-state index is 13.0. The number of carbonyl (C=O) groups excluding carboxylic acids is 1. The molecule has 0 radical (unpaired) electrons. The van der Waals surface area contributed by atoms with Crippen molar-refractivity contribution in [2.24, 2.45) is 0 Å². The first-order valence-corrected chi connectivity index (χ1v) is 14.8. The molecule has 11 heteroatoms. The molecule has 234 valence electrons. The van der Waals surface area contributed by atoms with Crippen LogP contribution in [0, 0.1) is 25.7 Å². The van der Waals surface area contributed by atoms with Crippen molar-refractivity contribution in [3.63, 3.8) is 0 Å². The molecule has 1 unspecified atom stereocenters. The number of amides is 2. The Balaban J connectivity index is 1.54. The third-order valence-electron chi connectivity index (χ3n) is 7.95. The topological polar surface area (TPSA) is 135 Å². The monoisotopic (exact) mass is 625 g/mol. The van der Waals surface area contributed by atoms with E-state index in [1.165, 1.54) is 14.0 Å². The molecule has 5 heterocycles. The molecule has 6 rings (SSSR count). The van der Waals surface area contributed by atoms with Crippen LogP contribution in [0.2, 0.25) is 0 Å². The van der Waals surface area contributed by atoms with Crippen molar-refractivity contribution < 1.29 is 19.4 Å². The number of nitrogens with one attached hydrogen (secondary N) is 1. The molecular weight excluding hydrogens is 594 g/mol. The van der Waals surface area contributed by atoms with Crippen LogP contribution in [-0.4, -0.2) is 66.5 Å². The number of hydrogen-bond donors (Lipinski definition) is 2. The van der Waals surface area contributed by atoms with Gasteiger partial charge in [-0.25, -0.2) is 19.7 Å². The van der Waals surface area contributed by atoms with Crippen molar-refractivity contribution in [3.8, 4) is 40.2 Å². The van der Waals surface area contributed by atoms with Crippen LogP contribution in [0.1, 0.15) is 29.4 Å². The first-order chi connectivity index (χ1) is 22.6. The predicted molar refractivity (Wildman–Crippen MR) is 179 cm³/mol. The molecular formula is C36H31N7O4. The summed E-state index contributed by atoms with van der Waals surface area (Å²) in [6.45, 7) is 5.47. The summed E-state index contributed by atoms with van der Waals surface area (Å²) < 4.78 is 7.57. The summed E-state index contributed by atoms with van der Waals surface area (Å²) in [7, 11) is 2.90. The summed E-state index contributed by atoms with van der Waals surface area (Å²) in [6, 6.07) is 18.1. The lowest BCUT2D eigenvalue weighted by molar-refractivity contribution is -0.119. The molecule has 0 spiro atoms. The number of pyridine rings is 4. The minimum absolute atomic E-state index is 0.221. The molecule has 11 nitrogen and oxygen atoms in total. The van der Waals surface area contributed by atoms with Gasteiger partial charge in [0.1, 0.15) is 28.9 Å². The summed E-state index contributed by atoms with van der Waals surface area (Å²) >= 11 is 0. The van der Waals surface area contributed by atoms with Gasteiger partial charge in [-0.05, 0) is 92.2 Å². The molecule has 0 fully saturated rings. The van der Waals surface area contributed by atoms with E-state index in [9.17, 15) is 14.7 Å². The first-order valence-electron chi connectivity index (χ1n) is 14.8. The number of rotatable bonds is 6. The molecule has 0 aliphatic heterocycles. The second-order valence-corrected chi connectivity index (χ2v) is 11.0. The van der Waals surface area contributed by atoms with Crippen LogP contribution in [0.15, 0.2) is 79.3 Å². The Bertz CT molecular complexity index is 2250. The van der Waals surface area contributed by atoms with Gasteiger partial charge in [-0.2, -0.15) is 0 Å². The highest BCUT2D eigenvalue weighted by molar-refractivity contribution is 5.96. The fourth-order valence-corrected chi connectivity index (χ4v) is 5.25. The Morgan fingerprint density at radius 2 is 1.81 bits per heavy atom. The highest BCUT2D eigenvalue weighted by Gasteiger charge is 2.25. The number of benzene rings is 1. The number of carbonyl (C=O) groups is 2. The van der Waals surface area contributed by atoms with E-state index < -0.39 is 18.0 Å². The largest absolute Gasteiger partial charge is 0.481 e. The number of carboxylic acid groups (broad SMARTS) is 1. The molecule has 2 amide bonds. The van der Waals surface area contributed by atoms with Crippen molar-refractivity contribution in [1.29, 1.82) is 0 Å². The number of aromatic nitrogens is 5. The van der Waals surface area contributed by atoms with Gasteiger partial charge in [0.05, 0.1) is 18.4 Å². The number of hydrogen-bond acceptors (Lipinski definition) is 7. The number of ether oxygens (including phenoxy) is 1. The number of likely N-dealkylation sites (N-methyl/N-ethyl adjacent to an activating group) is 1. The number of aryl methyl sites for hydroxylation is 2. The average Bonchev–Trinajstić information content (AvgIpc) is 3.44. The second-order valence-electron chi connectivity index (χ2n) is 11.0. The second kappa shape index (κ2) is 12.6. The van der Waals surface area contributed by atoms with E-state index in [2.05, 4.69) is 27.1 Å². The van der Waals surface area contributed by atoms with Gasteiger partial charge in [0.15, 0.2) is 0 Å². The average molecular weight is 626 g/mol. The van der Waals surface area contributed by atoms with E-state index in [1.807, 2.05) is 79.0 Å². The molecule has 0 bridgehead atoms. The van der Waals surface area contributed by atoms with Crippen molar-refractivity contribution in [1.82, 2.24) is 29.2 Å². The van der Waals surface area contributed by atoms with E-state index in [0.717, 1.165) is 32.5 Å². The molecule has 2 N–H and O–H groups in total. The van der Waals surface area contributed by atoms with Crippen LogP contribution >= 0.6 is 0 Å². The van der Waals surface area contributed by atoms with Gasteiger partial charge in [0, 0.05) is 47.8 Å². The van der Waals surface area contributed by atoms with Gasteiger partial charge in [-0.3, -0.25) is 19.1 Å². The van der Waals surface area contributed by atoms with Gasteiger partial charge in [0.25, 0.3) is 0 Å². The van der Waals surface area contributed by atoms with Gasteiger partial charge < -0.3 is 15.2 Å². The van der Waals surface area contributed by atoms with E-state index >= 15 is 0 Å². The highest BCUT2D eigenvalue weighted by Crippen LogP contribution is 2.38. The summed E-state index contributed by atoms with van der Waals surface area (Å²) in [5.74, 6) is 6.60. The van der Waals surface area contributed by atoms with Crippen molar-refractivity contribution >= 4 is 34.2 Å². The van der Waals surface area contributed by atoms with Crippen LogP contribution in [0.4, 0.5) is 10.6 Å². The maximum absolute atomic E-state index is 13.0. The number of anilines is 1. The van der Waals surface area contributed by atoms with Gasteiger partial charge in [-0.15, -0.1) is 0 Å². The standard InChI is InChI=1S/C36H31N7O4/c1-21-15-18-43-31(19-21)41-32(28-7-6-16-38-35(28)47-5)33(43)27-11-13-30(40-34(44)23(3)42(4)36(45)46)39-29(27)12-9-24-8-10-26-22(2)37-17-14-25(26)20-24/h6-8,10-11,13-20,23H,1-5H3,(H,45,46)(H,39,40,44). The third kappa shape index (κ3) is 6.04. The normalized spacial score (nSPS) is 11.5. The van der Waals surface area contributed by atoms with E-state index in [0.29, 0.717) is 39.7 Å². The zero-order valence-corrected chi connectivity index (χ0v) is 26.4. The fraction of sp³-hybridized carbons (Fsp3) is 0.167. The van der Waals surface area contributed by atoms with Gasteiger partial charge in [0.2, 0.25) is 11.8 Å². The minimum atomic E-state index is -1.22. The van der Waals surface area contributed by atoms with Crippen LogP contribution in [0.3, 0.4) is 0 Å². The summed E-state index contributed by atoms with van der Waals surface area (Å²) in [6.07, 6.45) is 4.14. The zero-order valence-electron chi connectivity index (χ0n) is 26.4. The molecule has 0 saturated heterocycles. The number of imidazole rings is 1. The quantitative estimate of drug-likeness (QED) is 0.216. The van der Waals surface area contributed by atoms with Crippen LogP contribution in [-0.2, 0) is 4.79 Å². The first kappa shape index (κ1) is 30.7. The van der Waals surface area contributed by atoms with E-state index in [-0.39, 0.29) is 5.82 Å². The SMILES string of the molecule is COc1ncccc1-c1nc2cc(C)ccn2c1-c1ccc(NC(=O)C(C)N(C)C(=O)O)nc1C#Cc1ccc2c(C)nccc2c1. The Kier molecular flexibility index (Phi) is 8.25. The predicted octanol–water partition coefficient (Wildman–Crippen LogP) is 5.97. The molecule has 5 aromatic heterocycles. The number of nitrogens with zero attached hydrogens (tertiary/aromatic N) is 6. The van der Waals surface area contributed by atoms with Crippen LogP contribution in [0.5, 0.6) is 5.88 Å². The lowest BCUT2D eigenvalue weighted by atomic mass is 10.0. The van der Waals surface area contributed by atoms with Crippen LogP contribution in [0.25, 0.3) is 38.9 Å². The smallest absolute Gasteiger partial charge is 0.407 e. The van der Waals surface area contributed by atoms with Crippen LogP contribution < -0.4 is 10.1 Å². The number of fused-ring (bicyclic) bond motifs is 2. The number of methoxy groups -OCH3 is 1. The molecule has 0 aliphatic rings. The fourth-order valence-electron chi connectivity index (χ4n) is 5.25. The highest BCUT2D eigenvalue weighted by atomic mass is 16.5.